The van der Waals surface area contributed by atoms with Gasteiger partial charge in [0.1, 0.15) is 16.8 Å². The van der Waals surface area contributed by atoms with Crippen LogP contribution >= 0.6 is 11.3 Å². The topological polar surface area (TPSA) is 43.9 Å². The first kappa shape index (κ1) is 28.8. The van der Waals surface area contributed by atoms with Gasteiger partial charge in [-0.2, -0.15) is 0 Å². The maximum atomic E-state index is 6.55. The molecule has 0 aliphatic heterocycles. The van der Waals surface area contributed by atoms with E-state index in [1.165, 1.54) is 58.1 Å². The summed E-state index contributed by atoms with van der Waals surface area (Å²) in [6.45, 7) is 0. The molecule has 0 aliphatic rings. The lowest BCUT2D eigenvalue weighted by Gasteiger charge is -2.11. The number of rotatable bonds is 3. The summed E-state index contributed by atoms with van der Waals surface area (Å²) in [4.78, 5) is 10.7. The van der Waals surface area contributed by atoms with Gasteiger partial charge in [0.15, 0.2) is 5.58 Å². The zero-order valence-corrected chi connectivity index (χ0v) is 29.1. The van der Waals surface area contributed by atoms with Gasteiger partial charge in [-0.05, 0) is 81.2 Å². The molecule has 0 spiro atoms. The number of nitrogens with zero attached hydrogens (tertiary/aromatic N) is 3. The van der Waals surface area contributed by atoms with Crippen LogP contribution in [0, 0.1) is 0 Å². The second-order valence-corrected chi connectivity index (χ2v) is 14.9. The first-order chi connectivity index (χ1) is 26.2. The van der Waals surface area contributed by atoms with E-state index < -0.39 is 0 Å². The van der Waals surface area contributed by atoms with Gasteiger partial charge in [0.25, 0.3) is 0 Å². The van der Waals surface area contributed by atoms with Crippen molar-refractivity contribution < 1.29 is 4.42 Å². The maximum absolute atomic E-state index is 6.55. The molecule has 4 heterocycles. The third-order valence-corrected chi connectivity index (χ3v) is 11.9. The number of aromatic nitrogens is 3. The van der Waals surface area contributed by atoms with Gasteiger partial charge < -0.3 is 4.42 Å². The van der Waals surface area contributed by atoms with Crippen molar-refractivity contribution >= 4 is 96.9 Å². The van der Waals surface area contributed by atoms with Crippen LogP contribution < -0.4 is 0 Å². The van der Waals surface area contributed by atoms with Crippen molar-refractivity contribution in [3.8, 4) is 28.3 Å². The smallest absolute Gasteiger partial charge is 0.236 e. The molecule has 246 valence electrons. The molecule has 0 aliphatic carbocycles. The van der Waals surface area contributed by atoms with Gasteiger partial charge in [0, 0.05) is 41.9 Å². The van der Waals surface area contributed by atoms with E-state index in [4.69, 9.17) is 14.4 Å². The van der Waals surface area contributed by atoms with E-state index in [0.717, 1.165) is 44.3 Å². The summed E-state index contributed by atoms with van der Waals surface area (Å²) in [6.07, 6.45) is 0. The molecule has 53 heavy (non-hydrogen) atoms. The summed E-state index contributed by atoms with van der Waals surface area (Å²) in [5.41, 5.74) is 8.49. The Kier molecular flexibility index (Phi) is 5.90. The van der Waals surface area contributed by atoms with E-state index in [1.807, 2.05) is 29.5 Å². The van der Waals surface area contributed by atoms with E-state index >= 15 is 0 Å². The van der Waals surface area contributed by atoms with E-state index in [0.29, 0.717) is 11.5 Å². The van der Waals surface area contributed by atoms with E-state index in [2.05, 4.69) is 150 Å². The van der Waals surface area contributed by atoms with Crippen LogP contribution in [0.4, 0.5) is 0 Å². The van der Waals surface area contributed by atoms with Crippen LogP contribution in [0.2, 0.25) is 0 Å². The second kappa shape index (κ2) is 10.8. The van der Waals surface area contributed by atoms with Crippen LogP contribution in [0.15, 0.2) is 168 Å². The van der Waals surface area contributed by atoms with Gasteiger partial charge in [-0.1, -0.05) is 115 Å². The maximum Gasteiger partial charge on any atom is 0.236 e. The Bertz CT molecular complexity index is 3460. The molecule has 0 amide bonds. The Morgan fingerprint density at radius 1 is 0.453 bits per heavy atom. The SMILES string of the molecule is c1ccc2cc(-c3ccc(-c4nc(-n5c6ccccc6c6cc7ccc8sc9ccccc9c8c7cc65)nc5c4oc4ccccc45)cc3)ccc2c1. The second-order valence-electron chi connectivity index (χ2n) is 13.8. The summed E-state index contributed by atoms with van der Waals surface area (Å²) in [5, 5.41) is 10.8. The highest BCUT2D eigenvalue weighted by molar-refractivity contribution is 7.26. The summed E-state index contributed by atoms with van der Waals surface area (Å²) < 4.78 is 11.4. The van der Waals surface area contributed by atoms with Crippen LogP contribution in [0.3, 0.4) is 0 Å². The molecular formula is C48H27N3OS. The van der Waals surface area contributed by atoms with Gasteiger partial charge in [-0.25, -0.2) is 9.97 Å². The summed E-state index contributed by atoms with van der Waals surface area (Å²) in [7, 11) is 0. The van der Waals surface area contributed by atoms with E-state index in [9.17, 15) is 0 Å². The number of benzene rings is 8. The van der Waals surface area contributed by atoms with Crippen molar-refractivity contribution in [2.45, 2.75) is 0 Å². The fraction of sp³-hybridized carbons (Fsp3) is 0. The van der Waals surface area contributed by atoms with Crippen molar-refractivity contribution in [3.05, 3.63) is 164 Å². The van der Waals surface area contributed by atoms with E-state index in [1.54, 1.807) is 0 Å². The summed E-state index contributed by atoms with van der Waals surface area (Å²) >= 11 is 1.85. The average molecular weight is 694 g/mol. The normalized spacial score (nSPS) is 12.2. The predicted octanol–water partition coefficient (Wildman–Crippen LogP) is 13.5. The highest BCUT2D eigenvalue weighted by Crippen LogP contribution is 2.43. The standard InChI is InChI=1S/C48H27N3OS/c1-2-10-31-25-32(22-19-28(31)9-1)29-17-20-30(21-18-29)45-47-46(35-12-4-7-15-41(35)52-47)50-48(49-45)51-39-14-6-3-11-34(39)38-26-33-23-24-43-44(37(33)27-40(38)51)36-13-5-8-16-42(36)53-43/h1-27H. The molecule has 5 heteroatoms. The quantitative estimate of drug-likeness (QED) is 0.185. The largest absolute Gasteiger partial charge is 0.452 e. The van der Waals surface area contributed by atoms with Gasteiger partial charge in [0.2, 0.25) is 5.95 Å². The minimum atomic E-state index is 0.616. The van der Waals surface area contributed by atoms with Crippen LogP contribution in [0.1, 0.15) is 0 Å². The highest BCUT2D eigenvalue weighted by Gasteiger charge is 2.22. The van der Waals surface area contributed by atoms with Gasteiger partial charge in [-0.3, -0.25) is 4.57 Å². The molecule has 0 unspecified atom stereocenters. The monoisotopic (exact) mass is 693 g/mol. The third-order valence-electron chi connectivity index (χ3n) is 10.8. The Morgan fingerprint density at radius 3 is 2.08 bits per heavy atom. The van der Waals surface area contributed by atoms with Crippen molar-refractivity contribution in [2.24, 2.45) is 0 Å². The molecule has 0 bridgehead atoms. The Balaban J connectivity index is 1.12. The number of thiophene rings is 1. The van der Waals surface area contributed by atoms with Crippen LogP contribution in [-0.2, 0) is 0 Å². The van der Waals surface area contributed by atoms with Crippen molar-refractivity contribution in [2.75, 3.05) is 0 Å². The fourth-order valence-corrected chi connectivity index (χ4v) is 9.41. The Hall–Kier alpha value is -6.82. The molecular weight excluding hydrogens is 667 g/mol. The zero-order valence-electron chi connectivity index (χ0n) is 28.2. The van der Waals surface area contributed by atoms with Crippen LogP contribution in [0.5, 0.6) is 0 Å². The van der Waals surface area contributed by atoms with Gasteiger partial charge >= 0.3 is 0 Å². The summed E-state index contributed by atoms with van der Waals surface area (Å²) in [6, 6.07) is 58.5. The number of fused-ring (bicyclic) bond motifs is 12. The predicted molar refractivity (Wildman–Crippen MR) is 222 cm³/mol. The van der Waals surface area contributed by atoms with Crippen molar-refractivity contribution in [1.29, 1.82) is 0 Å². The lowest BCUT2D eigenvalue weighted by Crippen LogP contribution is -2.03. The van der Waals surface area contributed by atoms with Crippen LogP contribution in [0.25, 0.3) is 114 Å². The highest BCUT2D eigenvalue weighted by atomic mass is 32.1. The number of hydrogen-bond donors (Lipinski definition) is 0. The molecule has 4 nitrogen and oxygen atoms in total. The molecule has 0 saturated heterocycles. The fourth-order valence-electron chi connectivity index (χ4n) is 8.29. The molecule has 12 rings (SSSR count). The third kappa shape index (κ3) is 4.23. The molecule has 0 atom stereocenters. The molecule has 0 saturated carbocycles. The summed E-state index contributed by atoms with van der Waals surface area (Å²) in [5.74, 6) is 0.616. The molecule has 4 aromatic heterocycles. The molecule has 0 fully saturated rings. The molecule has 0 radical (unpaired) electrons. The van der Waals surface area contributed by atoms with E-state index in [-0.39, 0.29) is 0 Å². The number of furan rings is 1. The number of para-hydroxylation sites is 2. The van der Waals surface area contributed by atoms with Gasteiger partial charge in [-0.15, -0.1) is 11.3 Å². The van der Waals surface area contributed by atoms with Gasteiger partial charge in [0.05, 0.1) is 11.0 Å². The zero-order chi connectivity index (χ0) is 34.6. The first-order valence-corrected chi connectivity index (χ1v) is 18.6. The molecule has 0 N–H and O–H groups in total. The Labute approximate surface area is 306 Å². The molecule has 8 aromatic carbocycles. The Morgan fingerprint density at radius 2 is 1.17 bits per heavy atom. The lowest BCUT2D eigenvalue weighted by atomic mass is 9.99. The number of hydrogen-bond acceptors (Lipinski definition) is 4. The first-order valence-electron chi connectivity index (χ1n) is 17.8. The van der Waals surface area contributed by atoms with Crippen molar-refractivity contribution in [1.82, 2.24) is 14.5 Å². The van der Waals surface area contributed by atoms with Crippen LogP contribution in [-0.4, -0.2) is 14.5 Å². The molecule has 12 aromatic rings. The minimum Gasteiger partial charge on any atom is -0.452 e. The van der Waals surface area contributed by atoms with Crippen molar-refractivity contribution in [3.63, 3.8) is 0 Å². The average Bonchev–Trinajstić information content (AvgIpc) is 3.89. The minimum absolute atomic E-state index is 0.616. The lowest BCUT2D eigenvalue weighted by molar-refractivity contribution is 0.666.